The van der Waals surface area contributed by atoms with Crippen molar-refractivity contribution in [1.82, 2.24) is 4.90 Å². The number of oxime groups is 1. The molecule has 0 aromatic heterocycles. The van der Waals surface area contributed by atoms with Crippen LogP contribution in [0.15, 0.2) is 38.9 Å². The molecule has 0 aromatic carbocycles. The number of rotatable bonds is 5. The Labute approximate surface area is 193 Å². The fraction of sp³-hybridized carbons (Fsp3) is 0.692. The molecule has 2 aliphatic heterocycles. The third kappa shape index (κ3) is 3.97. The fourth-order valence-corrected chi connectivity index (χ4v) is 7.11. The van der Waals surface area contributed by atoms with Crippen molar-refractivity contribution in [3.05, 3.63) is 23.8 Å². The Morgan fingerprint density at radius 2 is 2.16 bits per heavy atom. The van der Waals surface area contributed by atoms with Gasteiger partial charge < -0.3 is 5.21 Å². The van der Waals surface area contributed by atoms with Crippen LogP contribution in [0.4, 0.5) is 0 Å². The molecule has 0 saturated heterocycles. The van der Waals surface area contributed by atoms with E-state index in [2.05, 4.69) is 60.1 Å². The van der Waals surface area contributed by atoms with Crippen LogP contribution < -0.4 is 0 Å². The summed E-state index contributed by atoms with van der Waals surface area (Å²) in [4.78, 5) is 10.5. The van der Waals surface area contributed by atoms with E-state index in [9.17, 15) is 5.21 Å². The molecule has 2 heterocycles. The zero-order chi connectivity index (χ0) is 23.1. The average molecular weight is 439 g/mol. The molecule has 0 amide bonds. The predicted octanol–water partition coefficient (Wildman–Crippen LogP) is 5.09. The molecular weight excluding hydrogens is 398 g/mol. The minimum atomic E-state index is -0.221. The van der Waals surface area contributed by atoms with Gasteiger partial charge in [-0.2, -0.15) is 4.99 Å². The third-order valence-electron chi connectivity index (χ3n) is 8.78. The smallest absolute Gasteiger partial charge is 0.251 e. The molecule has 0 spiro atoms. The van der Waals surface area contributed by atoms with Gasteiger partial charge in [-0.05, 0) is 74.2 Å². The SMILES string of the molecule is C=C1CC[C@@H]2C(C)(C)CCC[C@@]2(C)[C@@H]1CC/C(C)=C/C[N+]1=CN(C)C2=NC=N/C(=N/O)C21. The van der Waals surface area contributed by atoms with Crippen molar-refractivity contribution in [1.29, 1.82) is 0 Å². The highest BCUT2D eigenvalue weighted by atomic mass is 16.4. The second-order valence-electron chi connectivity index (χ2n) is 11.3. The summed E-state index contributed by atoms with van der Waals surface area (Å²) in [5.74, 6) is 2.66. The first-order valence-electron chi connectivity index (χ1n) is 12.2. The summed E-state index contributed by atoms with van der Waals surface area (Å²) in [6, 6.07) is -0.221. The lowest BCUT2D eigenvalue weighted by Crippen LogP contribution is -2.49. The Morgan fingerprint density at radius 3 is 2.91 bits per heavy atom. The summed E-state index contributed by atoms with van der Waals surface area (Å²) in [6.45, 7) is 15.1. The largest absolute Gasteiger partial charge is 0.409 e. The van der Waals surface area contributed by atoms with Crippen LogP contribution in [0, 0.1) is 22.7 Å². The van der Waals surface area contributed by atoms with Crippen molar-refractivity contribution in [3.63, 3.8) is 0 Å². The van der Waals surface area contributed by atoms with Crippen molar-refractivity contribution in [2.45, 2.75) is 78.7 Å². The molecule has 0 bridgehead atoms. The molecule has 0 aromatic rings. The lowest BCUT2D eigenvalue weighted by atomic mass is 9.47. The van der Waals surface area contributed by atoms with Crippen molar-refractivity contribution in [3.8, 4) is 0 Å². The van der Waals surface area contributed by atoms with E-state index in [-0.39, 0.29) is 6.04 Å². The van der Waals surface area contributed by atoms with E-state index in [1.54, 1.807) is 0 Å². The number of hydrogen-bond donors (Lipinski definition) is 1. The zero-order valence-corrected chi connectivity index (χ0v) is 20.5. The van der Waals surface area contributed by atoms with Gasteiger partial charge in [0.05, 0.1) is 7.05 Å². The van der Waals surface area contributed by atoms with Gasteiger partial charge in [0.25, 0.3) is 5.84 Å². The van der Waals surface area contributed by atoms with Gasteiger partial charge in [-0.1, -0.05) is 50.1 Å². The summed E-state index contributed by atoms with van der Waals surface area (Å²) in [6.07, 6.45) is 14.6. The molecule has 4 rings (SSSR count). The molecular formula is C26H40N5O+. The summed E-state index contributed by atoms with van der Waals surface area (Å²) >= 11 is 0. The van der Waals surface area contributed by atoms with E-state index < -0.39 is 0 Å². The molecule has 1 unspecified atom stereocenters. The molecule has 0 radical (unpaired) electrons. The van der Waals surface area contributed by atoms with Crippen LogP contribution in [0.2, 0.25) is 0 Å². The lowest BCUT2D eigenvalue weighted by Gasteiger charge is -2.58. The Morgan fingerprint density at radius 1 is 1.38 bits per heavy atom. The van der Waals surface area contributed by atoms with Crippen LogP contribution in [-0.4, -0.2) is 58.7 Å². The third-order valence-corrected chi connectivity index (χ3v) is 8.78. The van der Waals surface area contributed by atoms with Gasteiger partial charge in [-0.15, -0.1) is 0 Å². The average Bonchev–Trinajstić information content (AvgIpc) is 3.07. The van der Waals surface area contributed by atoms with Gasteiger partial charge in [-0.25, -0.2) is 14.5 Å². The summed E-state index contributed by atoms with van der Waals surface area (Å²) in [7, 11) is 1.97. The first-order valence-corrected chi connectivity index (χ1v) is 12.2. The normalized spacial score (nSPS) is 35.5. The number of allylic oxidation sites excluding steroid dienone is 2. The first kappa shape index (κ1) is 22.9. The van der Waals surface area contributed by atoms with Crippen molar-refractivity contribution in [2.24, 2.45) is 37.8 Å². The number of hydrogen-bond acceptors (Lipinski definition) is 4. The Bertz CT molecular complexity index is 925. The maximum atomic E-state index is 9.37. The molecule has 1 N–H and O–H groups in total. The predicted molar refractivity (Wildman–Crippen MR) is 132 cm³/mol. The van der Waals surface area contributed by atoms with E-state index in [0.29, 0.717) is 22.6 Å². The molecule has 174 valence electrons. The monoisotopic (exact) mass is 438 g/mol. The minimum absolute atomic E-state index is 0.221. The minimum Gasteiger partial charge on any atom is -0.409 e. The fourth-order valence-electron chi connectivity index (χ4n) is 7.11. The highest BCUT2D eigenvalue weighted by Gasteiger charge is 2.52. The van der Waals surface area contributed by atoms with Crippen molar-refractivity contribution in [2.75, 3.05) is 13.6 Å². The van der Waals surface area contributed by atoms with Gasteiger partial charge in [0.2, 0.25) is 18.2 Å². The van der Waals surface area contributed by atoms with Crippen LogP contribution in [0.5, 0.6) is 0 Å². The topological polar surface area (TPSA) is 63.6 Å². The first-order chi connectivity index (χ1) is 15.2. The standard InChI is InChI=1S/C26H39N5O/c1-18(12-15-31-17-30(6)24-22(31)23(29-32)27-16-28-24)8-10-20-19(2)9-11-21-25(3,4)13-7-14-26(20,21)5/h12,16-17,20-22H,2,7-11,13-15H2,1,3-6H3/p+1/b18-12+,29-23+/t20-,21-,22?,26+/m1/s1. The van der Waals surface area contributed by atoms with E-state index in [4.69, 9.17) is 0 Å². The second-order valence-corrected chi connectivity index (χ2v) is 11.3. The number of aliphatic imine (C=N–C) groups is 2. The zero-order valence-electron chi connectivity index (χ0n) is 20.5. The summed E-state index contributed by atoms with van der Waals surface area (Å²) in [5.41, 5.74) is 3.72. The Hall–Kier alpha value is -2.24. The quantitative estimate of drug-likeness (QED) is 0.281. The Balaban J connectivity index is 1.43. The lowest BCUT2D eigenvalue weighted by molar-refractivity contribution is -0.514. The maximum Gasteiger partial charge on any atom is 0.251 e. The Kier molecular flexibility index (Phi) is 6.17. The van der Waals surface area contributed by atoms with E-state index in [1.807, 2.05) is 18.3 Å². The van der Waals surface area contributed by atoms with Crippen LogP contribution in [-0.2, 0) is 0 Å². The maximum absolute atomic E-state index is 9.37. The van der Waals surface area contributed by atoms with Crippen molar-refractivity contribution >= 4 is 24.3 Å². The van der Waals surface area contributed by atoms with Crippen LogP contribution in [0.3, 0.4) is 0 Å². The summed E-state index contributed by atoms with van der Waals surface area (Å²) < 4.78 is 2.13. The molecule has 2 saturated carbocycles. The van der Waals surface area contributed by atoms with Crippen LogP contribution >= 0.6 is 0 Å². The van der Waals surface area contributed by atoms with Gasteiger partial charge >= 0.3 is 0 Å². The van der Waals surface area contributed by atoms with E-state index >= 15 is 0 Å². The number of fused-ring (bicyclic) bond motifs is 2. The number of likely N-dealkylation sites (N-methyl/N-ethyl adjacent to an activating group) is 1. The molecule has 6 heteroatoms. The molecule has 32 heavy (non-hydrogen) atoms. The van der Waals surface area contributed by atoms with Crippen molar-refractivity contribution < 1.29 is 9.78 Å². The molecule has 4 aliphatic rings. The van der Waals surface area contributed by atoms with E-state index in [1.165, 1.54) is 56.0 Å². The molecule has 2 fully saturated rings. The van der Waals surface area contributed by atoms with Gasteiger partial charge in [0.15, 0.2) is 0 Å². The number of amidine groups is 2. The highest BCUT2D eigenvalue weighted by Crippen LogP contribution is 2.61. The summed E-state index contributed by atoms with van der Waals surface area (Å²) in [5, 5.41) is 12.7. The van der Waals surface area contributed by atoms with Gasteiger partial charge in [0.1, 0.15) is 12.9 Å². The number of nitrogens with zero attached hydrogens (tertiary/aromatic N) is 5. The molecule has 4 atom stereocenters. The van der Waals surface area contributed by atoms with Gasteiger partial charge in [0, 0.05) is 0 Å². The molecule has 2 aliphatic carbocycles. The van der Waals surface area contributed by atoms with Gasteiger partial charge in [-0.3, -0.25) is 0 Å². The van der Waals surface area contributed by atoms with Crippen LogP contribution in [0.25, 0.3) is 0 Å². The molecule has 6 nitrogen and oxygen atoms in total. The highest BCUT2D eigenvalue weighted by molar-refractivity contribution is 6.18. The van der Waals surface area contributed by atoms with Crippen LogP contribution in [0.1, 0.15) is 72.6 Å². The second kappa shape index (κ2) is 8.60. The van der Waals surface area contributed by atoms with E-state index in [0.717, 1.165) is 24.7 Å².